The zero-order valence-electron chi connectivity index (χ0n) is 18.5. The summed E-state index contributed by atoms with van der Waals surface area (Å²) in [5.74, 6) is -0.209. The molecule has 6 heteroatoms. The molecule has 1 saturated heterocycles. The minimum atomic E-state index is -0.563. The van der Waals surface area contributed by atoms with Crippen LogP contribution in [0, 0.1) is 0 Å². The maximum Gasteiger partial charge on any atom is 0.410 e. The molecule has 0 saturated carbocycles. The van der Waals surface area contributed by atoms with Crippen molar-refractivity contribution in [2.75, 3.05) is 11.9 Å². The fourth-order valence-electron chi connectivity index (χ4n) is 3.96. The molecule has 4 rings (SSSR count). The third kappa shape index (κ3) is 5.47. The van der Waals surface area contributed by atoms with Gasteiger partial charge >= 0.3 is 6.09 Å². The molecule has 0 aliphatic carbocycles. The number of hydrogen-bond acceptors (Lipinski definition) is 4. The first-order chi connectivity index (χ1) is 16.0. The molecule has 0 bridgehead atoms. The molecule has 1 N–H and O–H groups in total. The summed E-state index contributed by atoms with van der Waals surface area (Å²) >= 11 is 0. The number of ketones is 1. The van der Waals surface area contributed by atoms with Gasteiger partial charge in [0.2, 0.25) is 5.91 Å². The summed E-state index contributed by atoms with van der Waals surface area (Å²) < 4.78 is 5.43. The van der Waals surface area contributed by atoms with Crippen LogP contribution in [0.25, 0.3) is 11.1 Å². The van der Waals surface area contributed by atoms with E-state index < -0.39 is 12.1 Å². The first-order valence-electron chi connectivity index (χ1n) is 11.0. The number of likely N-dealkylation sites (tertiary alicyclic amines) is 1. The number of amides is 2. The Labute approximate surface area is 193 Å². The monoisotopic (exact) mass is 442 g/mol. The Kier molecular flexibility index (Phi) is 6.83. The van der Waals surface area contributed by atoms with Crippen LogP contribution in [0.5, 0.6) is 0 Å². The van der Waals surface area contributed by atoms with Gasteiger partial charge in [-0.3, -0.25) is 14.5 Å². The number of Topliss-reactive ketones (excluding diaryl/α,β-unsaturated/α-hetero) is 1. The van der Waals surface area contributed by atoms with Crippen LogP contribution in [0.4, 0.5) is 10.5 Å². The lowest BCUT2D eigenvalue weighted by molar-refractivity contribution is -0.120. The van der Waals surface area contributed by atoms with Crippen LogP contribution in [0.15, 0.2) is 78.9 Å². The smallest absolute Gasteiger partial charge is 0.410 e. The summed E-state index contributed by atoms with van der Waals surface area (Å²) in [4.78, 5) is 38.6. The van der Waals surface area contributed by atoms with E-state index >= 15 is 0 Å². The van der Waals surface area contributed by atoms with Gasteiger partial charge in [0, 0.05) is 17.8 Å². The SMILES string of the molecule is CC(=O)c1ccc(-c2cccc(NC(=O)C3CCCN3C(=O)OCc3ccccc3)c2)cc1. The van der Waals surface area contributed by atoms with Crippen molar-refractivity contribution in [2.45, 2.75) is 32.4 Å². The highest BCUT2D eigenvalue weighted by molar-refractivity contribution is 5.97. The van der Waals surface area contributed by atoms with E-state index in [9.17, 15) is 14.4 Å². The Morgan fingerprint density at radius 1 is 0.939 bits per heavy atom. The molecule has 168 valence electrons. The number of carbonyl (C=O) groups excluding carboxylic acids is 3. The van der Waals surface area contributed by atoms with E-state index in [0.717, 1.165) is 23.1 Å². The molecule has 1 heterocycles. The van der Waals surface area contributed by atoms with Gasteiger partial charge in [0.1, 0.15) is 12.6 Å². The summed E-state index contributed by atoms with van der Waals surface area (Å²) in [5.41, 5.74) is 4.08. The minimum Gasteiger partial charge on any atom is -0.445 e. The normalized spacial score (nSPS) is 15.2. The molecule has 3 aromatic carbocycles. The van der Waals surface area contributed by atoms with Crippen molar-refractivity contribution in [3.8, 4) is 11.1 Å². The zero-order chi connectivity index (χ0) is 23.2. The molecule has 6 nitrogen and oxygen atoms in total. The van der Waals surface area contributed by atoms with E-state index in [1.807, 2.05) is 66.7 Å². The van der Waals surface area contributed by atoms with Crippen LogP contribution in [0.1, 0.15) is 35.7 Å². The van der Waals surface area contributed by atoms with Gasteiger partial charge in [-0.2, -0.15) is 0 Å². The largest absolute Gasteiger partial charge is 0.445 e. The second-order valence-electron chi connectivity index (χ2n) is 8.10. The highest BCUT2D eigenvalue weighted by Crippen LogP contribution is 2.25. The Morgan fingerprint density at radius 2 is 1.70 bits per heavy atom. The lowest BCUT2D eigenvalue weighted by Gasteiger charge is -2.23. The Morgan fingerprint density at radius 3 is 2.42 bits per heavy atom. The lowest BCUT2D eigenvalue weighted by atomic mass is 10.0. The maximum absolute atomic E-state index is 13.0. The number of rotatable bonds is 6. The van der Waals surface area contributed by atoms with E-state index in [1.165, 1.54) is 11.8 Å². The zero-order valence-corrected chi connectivity index (χ0v) is 18.5. The van der Waals surface area contributed by atoms with Crippen LogP contribution in [0.3, 0.4) is 0 Å². The number of hydrogen-bond donors (Lipinski definition) is 1. The molecule has 0 aromatic heterocycles. The second-order valence-corrected chi connectivity index (χ2v) is 8.10. The van der Waals surface area contributed by atoms with E-state index in [4.69, 9.17) is 4.74 Å². The molecule has 0 radical (unpaired) electrons. The van der Waals surface area contributed by atoms with Crippen molar-refractivity contribution in [1.82, 2.24) is 4.90 Å². The van der Waals surface area contributed by atoms with Crippen molar-refractivity contribution in [3.05, 3.63) is 90.0 Å². The van der Waals surface area contributed by atoms with Crippen molar-refractivity contribution in [3.63, 3.8) is 0 Å². The number of benzene rings is 3. The summed E-state index contributed by atoms with van der Waals surface area (Å²) in [6.07, 6.45) is 0.871. The maximum atomic E-state index is 13.0. The molecule has 1 fully saturated rings. The molecule has 1 atom stereocenters. The summed E-state index contributed by atoms with van der Waals surface area (Å²) in [6, 6.07) is 23.8. The Hall–Kier alpha value is -3.93. The molecule has 33 heavy (non-hydrogen) atoms. The number of nitrogens with one attached hydrogen (secondary N) is 1. The van der Waals surface area contributed by atoms with Crippen LogP contribution in [-0.4, -0.2) is 35.3 Å². The minimum absolute atomic E-state index is 0.0194. The predicted octanol–water partition coefficient (Wildman–Crippen LogP) is 5.30. The van der Waals surface area contributed by atoms with Crippen molar-refractivity contribution >= 4 is 23.5 Å². The van der Waals surface area contributed by atoms with Gasteiger partial charge in [-0.05, 0) is 48.6 Å². The Balaban J connectivity index is 1.40. The van der Waals surface area contributed by atoms with Crippen molar-refractivity contribution in [2.24, 2.45) is 0 Å². The second kappa shape index (κ2) is 10.1. The molecule has 1 unspecified atom stereocenters. The van der Waals surface area contributed by atoms with Crippen LogP contribution >= 0.6 is 0 Å². The first-order valence-corrected chi connectivity index (χ1v) is 11.0. The van der Waals surface area contributed by atoms with Crippen LogP contribution < -0.4 is 5.32 Å². The van der Waals surface area contributed by atoms with Crippen molar-refractivity contribution in [1.29, 1.82) is 0 Å². The van der Waals surface area contributed by atoms with E-state index in [-0.39, 0.29) is 18.3 Å². The Bertz CT molecular complexity index is 1140. The van der Waals surface area contributed by atoms with E-state index in [2.05, 4.69) is 5.32 Å². The number of anilines is 1. The summed E-state index contributed by atoms with van der Waals surface area (Å²) in [5, 5.41) is 2.94. The summed E-state index contributed by atoms with van der Waals surface area (Å²) in [6.45, 7) is 2.21. The van der Waals surface area contributed by atoms with Gasteiger partial charge in [0.05, 0.1) is 0 Å². The quantitative estimate of drug-likeness (QED) is 0.526. The van der Waals surface area contributed by atoms with Gasteiger partial charge in [0.25, 0.3) is 0 Å². The third-order valence-corrected chi connectivity index (χ3v) is 5.75. The lowest BCUT2D eigenvalue weighted by Crippen LogP contribution is -2.43. The van der Waals surface area contributed by atoms with Crippen LogP contribution in [-0.2, 0) is 16.1 Å². The molecular formula is C27H26N2O4. The average Bonchev–Trinajstić information content (AvgIpc) is 3.34. The van der Waals surface area contributed by atoms with E-state index in [0.29, 0.717) is 24.2 Å². The topological polar surface area (TPSA) is 75.7 Å². The average molecular weight is 443 g/mol. The van der Waals surface area contributed by atoms with E-state index in [1.54, 1.807) is 12.1 Å². The molecular weight excluding hydrogens is 416 g/mol. The van der Waals surface area contributed by atoms with Crippen molar-refractivity contribution < 1.29 is 19.1 Å². The predicted molar refractivity (Wildman–Crippen MR) is 127 cm³/mol. The number of nitrogens with zero attached hydrogens (tertiary/aromatic N) is 1. The molecule has 1 aliphatic rings. The fraction of sp³-hybridized carbons (Fsp3) is 0.222. The van der Waals surface area contributed by atoms with Gasteiger partial charge in [-0.15, -0.1) is 0 Å². The highest BCUT2D eigenvalue weighted by Gasteiger charge is 2.35. The van der Waals surface area contributed by atoms with Crippen LogP contribution in [0.2, 0.25) is 0 Å². The first kappa shape index (κ1) is 22.3. The standard InChI is InChI=1S/C27H26N2O4/c1-19(30)21-12-14-22(15-13-21)23-9-5-10-24(17-23)28-26(31)25-11-6-16-29(25)27(32)33-18-20-7-3-2-4-8-20/h2-5,7-10,12-15,17,25H,6,11,16,18H2,1H3,(H,28,31). The molecule has 0 spiro atoms. The van der Waals surface area contributed by atoms with Gasteiger partial charge in [-0.1, -0.05) is 66.7 Å². The summed E-state index contributed by atoms with van der Waals surface area (Å²) in [7, 11) is 0. The number of ether oxygens (including phenoxy) is 1. The highest BCUT2D eigenvalue weighted by atomic mass is 16.6. The van der Waals surface area contributed by atoms with Gasteiger partial charge < -0.3 is 10.1 Å². The molecule has 2 amide bonds. The third-order valence-electron chi connectivity index (χ3n) is 5.75. The fourth-order valence-corrected chi connectivity index (χ4v) is 3.96. The molecule has 3 aromatic rings. The number of carbonyl (C=O) groups is 3. The molecule has 1 aliphatic heterocycles. The van der Waals surface area contributed by atoms with Gasteiger partial charge in [-0.25, -0.2) is 4.79 Å². The van der Waals surface area contributed by atoms with Gasteiger partial charge in [0.15, 0.2) is 5.78 Å².